The fourth-order valence-corrected chi connectivity index (χ4v) is 10.4. The number of thiophene rings is 1. The molecule has 13 rings (SSSR count). The number of nitrogens with zero attached hydrogens (tertiary/aromatic N) is 3. The Balaban J connectivity index is 1.07. The molecular weight excluding hydrogens is 739 g/mol. The summed E-state index contributed by atoms with van der Waals surface area (Å²) in [6.07, 6.45) is 0. The number of benzene rings is 9. The van der Waals surface area contributed by atoms with Crippen molar-refractivity contribution in [2.75, 3.05) is 0 Å². The van der Waals surface area contributed by atoms with Crippen LogP contribution in [0.4, 0.5) is 0 Å². The van der Waals surface area contributed by atoms with Crippen molar-refractivity contribution in [3.63, 3.8) is 0 Å². The number of aromatic nitrogens is 3. The summed E-state index contributed by atoms with van der Waals surface area (Å²) in [5.41, 5.74) is 11.2. The second-order valence-electron chi connectivity index (χ2n) is 15.3. The average molecular weight is 770 g/mol. The van der Waals surface area contributed by atoms with Crippen LogP contribution in [0.25, 0.3) is 125 Å². The number of para-hydroxylation sites is 1. The third kappa shape index (κ3) is 4.83. The third-order valence-electron chi connectivity index (χ3n) is 12.0. The van der Waals surface area contributed by atoms with Gasteiger partial charge in [0.25, 0.3) is 0 Å². The second-order valence-corrected chi connectivity index (χ2v) is 16.3. The molecule has 5 heteroatoms. The van der Waals surface area contributed by atoms with Crippen LogP contribution in [0.1, 0.15) is 0 Å². The number of rotatable bonds is 4. The predicted molar refractivity (Wildman–Crippen MR) is 248 cm³/mol. The summed E-state index contributed by atoms with van der Waals surface area (Å²) in [6, 6.07) is 67.1. The Morgan fingerprint density at radius 2 is 1.15 bits per heavy atom. The molecule has 9 aromatic carbocycles. The summed E-state index contributed by atoms with van der Waals surface area (Å²) < 4.78 is 11.7. The van der Waals surface area contributed by atoms with Crippen LogP contribution in [0.3, 0.4) is 0 Å². The normalized spacial score (nSPS) is 12.1. The van der Waals surface area contributed by atoms with Gasteiger partial charge in [-0.3, -0.25) is 0 Å². The van der Waals surface area contributed by atoms with Crippen molar-refractivity contribution in [2.45, 2.75) is 0 Å². The van der Waals surface area contributed by atoms with Gasteiger partial charge in [0.05, 0.1) is 32.6 Å². The van der Waals surface area contributed by atoms with Crippen molar-refractivity contribution in [1.29, 1.82) is 0 Å². The van der Waals surface area contributed by atoms with E-state index in [9.17, 15) is 0 Å². The van der Waals surface area contributed by atoms with Crippen molar-refractivity contribution in [3.05, 3.63) is 188 Å². The van der Waals surface area contributed by atoms with Crippen LogP contribution in [0.5, 0.6) is 0 Å². The summed E-state index contributed by atoms with van der Waals surface area (Å²) in [7, 11) is 0. The van der Waals surface area contributed by atoms with Gasteiger partial charge in [0.1, 0.15) is 5.58 Å². The van der Waals surface area contributed by atoms with Gasteiger partial charge >= 0.3 is 0 Å². The number of hydrogen-bond acceptors (Lipinski definition) is 4. The Bertz CT molecular complexity index is 3840. The lowest BCUT2D eigenvalue weighted by atomic mass is 10.0. The standard InChI is InChI=1S/C54H31N3OS/c1-2-12-32(13-3-1)33-24-26-35(27-25-33)50-53-51(39-18-8-9-23-47(39)59-53)56-54(55-50)41-20-11-22-46-49(41)40-19-10-21-44(52(40)58-46)57-43-29-28-34-14-6-7-17-38(34)48(43)42-30-36-15-4-5-16-37(36)31-45(42)57/h1-31H. The molecule has 0 bridgehead atoms. The van der Waals surface area contributed by atoms with Gasteiger partial charge in [0.15, 0.2) is 11.4 Å². The number of furan rings is 1. The van der Waals surface area contributed by atoms with Crippen LogP contribution < -0.4 is 0 Å². The zero-order valence-electron chi connectivity index (χ0n) is 31.6. The topological polar surface area (TPSA) is 43.9 Å². The second kappa shape index (κ2) is 12.4. The zero-order chi connectivity index (χ0) is 38.6. The van der Waals surface area contributed by atoms with Crippen LogP contribution in [0.15, 0.2) is 192 Å². The molecule has 13 aromatic rings. The molecule has 4 nitrogen and oxygen atoms in total. The highest BCUT2D eigenvalue weighted by Crippen LogP contribution is 2.45. The van der Waals surface area contributed by atoms with E-state index < -0.39 is 0 Å². The summed E-state index contributed by atoms with van der Waals surface area (Å²) in [5.74, 6) is 0.677. The van der Waals surface area contributed by atoms with Gasteiger partial charge in [-0.1, -0.05) is 152 Å². The molecule has 4 heterocycles. The Labute approximate surface area is 341 Å². The Kier molecular flexibility index (Phi) is 6.85. The fraction of sp³-hybridized carbons (Fsp3) is 0. The van der Waals surface area contributed by atoms with Gasteiger partial charge in [-0.2, -0.15) is 0 Å². The Morgan fingerprint density at radius 3 is 2.02 bits per heavy atom. The molecular formula is C54H31N3OS. The molecule has 0 atom stereocenters. The molecule has 0 aliphatic heterocycles. The van der Waals surface area contributed by atoms with Crippen LogP contribution >= 0.6 is 11.3 Å². The van der Waals surface area contributed by atoms with Crippen molar-refractivity contribution in [3.8, 4) is 39.5 Å². The van der Waals surface area contributed by atoms with E-state index in [4.69, 9.17) is 14.4 Å². The highest BCUT2D eigenvalue weighted by Gasteiger charge is 2.23. The molecule has 59 heavy (non-hydrogen) atoms. The minimum atomic E-state index is 0.677. The maximum atomic E-state index is 6.98. The molecule has 0 saturated heterocycles. The summed E-state index contributed by atoms with van der Waals surface area (Å²) in [5, 5.41) is 10.5. The molecule has 0 saturated carbocycles. The maximum Gasteiger partial charge on any atom is 0.161 e. The fourth-order valence-electron chi connectivity index (χ4n) is 9.29. The summed E-state index contributed by atoms with van der Waals surface area (Å²) >= 11 is 1.75. The Morgan fingerprint density at radius 1 is 0.458 bits per heavy atom. The smallest absolute Gasteiger partial charge is 0.161 e. The van der Waals surface area contributed by atoms with Crippen LogP contribution in [-0.2, 0) is 0 Å². The lowest BCUT2D eigenvalue weighted by molar-refractivity contribution is 0.666. The highest BCUT2D eigenvalue weighted by molar-refractivity contribution is 7.26. The molecule has 0 unspecified atom stereocenters. The molecule has 0 fully saturated rings. The SMILES string of the molecule is c1ccc(-c2ccc(-c3nc(-c4cccc5oc6c(-n7c8cc9ccccc9cc8c8c9ccccc9ccc87)cccc6c45)nc4c3sc3ccccc34)cc2)cc1. The molecule has 0 amide bonds. The van der Waals surface area contributed by atoms with E-state index in [0.717, 1.165) is 71.1 Å². The van der Waals surface area contributed by atoms with E-state index in [1.54, 1.807) is 11.3 Å². The molecule has 0 radical (unpaired) electrons. The molecule has 0 aliphatic carbocycles. The molecule has 0 N–H and O–H groups in total. The minimum Gasteiger partial charge on any atom is -0.454 e. The van der Waals surface area contributed by atoms with E-state index in [-0.39, 0.29) is 0 Å². The van der Waals surface area contributed by atoms with Crippen molar-refractivity contribution >= 4 is 96.9 Å². The van der Waals surface area contributed by atoms with E-state index in [1.807, 2.05) is 0 Å². The minimum absolute atomic E-state index is 0.677. The van der Waals surface area contributed by atoms with E-state index in [0.29, 0.717) is 5.82 Å². The van der Waals surface area contributed by atoms with Gasteiger partial charge in [-0.15, -0.1) is 11.3 Å². The van der Waals surface area contributed by atoms with E-state index in [2.05, 4.69) is 193 Å². The van der Waals surface area contributed by atoms with Crippen molar-refractivity contribution < 1.29 is 4.42 Å². The zero-order valence-corrected chi connectivity index (χ0v) is 32.4. The van der Waals surface area contributed by atoms with Crippen molar-refractivity contribution in [2.24, 2.45) is 0 Å². The third-order valence-corrected chi connectivity index (χ3v) is 13.2. The van der Waals surface area contributed by atoms with E-state index in [1.165, 1.54) is 48.1 Å². The van der Waals surface area contributed by atoms with Gasteiger partial charge in [0.2, 0.25) is 0 Å². The highest BCUT2D eigenvalue weighted by atomic mass is 32.1. The van der Waals surface area contributed by atoms with Crippen molar-refractivity contribution in [1.82, 2.24) is 14.5 Å². The first-order chi connectivity index (χ1) is 29.2. The van der Waals surface area contributed by atoms with Gasteiger partial charge in [-0.05, 0) is 69.1 Å². The average Bonchev–Trinajstić information content (AvgIpc) is 3.98. The summed E-state index contributed by atoms with van der Waals surface area (Å²) in [4.78, 5) is 10.8. The molecule has 274 valence electrons. The van der Waals surface area contributed by atoms with Gasteiger partial charge in [-0.25, -0.2) is 9.97 Å². The van der Waals surface area contributed by atoms with Crippen LogP contribution in [0.2, 0.25) is 0 Å². The lowest BCUT2D eigenvalue weighted by Gasteiger charge is -2.10. The van der Waals surface area contributed by atoms with Crippen LogP contribution in [0, 0.1) is 0 Å². The first-order valence-corrected chi connectivity index (χ1v) is 20.7. The number of hydrogen-bond donors (Lipinski definition) is 0. The molecule has 0 aliphatic rings. The first-order valence-electron chi connectivity index (χ1n) is 19.9. The predicted octanol–water partition coefficient (Wildman–Crippen LogP) is 15.1. The first kappa shape index (κ1) is 32.5. The molecule has 0 spiro atoms. The summed E-state index contributed by atoms with van der Waals surface area (Å²) in [6.45, 7) is 0. The van der Waals surface area contributed by atoms with Gasteiger partial charge in [0, 0.05) is 42.8 Å². The van der Waals surface area contributed by atoms with Crippen LogP contribution in [-0.4, -0.2) is 14.5 Å². The molecule has 4 aromatic heterocycles. The van der Waals surface area contributed by atoms with E-state index >= 15 is 0 Å². The Hall–Kier alpha value is -7.60. The van der Waals surface area contributed by atoms with Gasteiger partial charge < -0.3 is 8.98 Å². The largest absolute Gasteiger partial charge is 0.454 e. The number of fused-ring (bicyclic) bond motifs is 12. The quantitative estimate of drug-likeness (QED) is 0.179. The maximum absolute atomic E-state index is 6.98. The monoisotopic (exact) mass is 769 g/mol. The lowest BCUT2D eigenvalue weighted by Crippen LogP contribution is -1.95.